The van der Waals surface area contributed by atoms with Gasteiger partial charge in [0.15, 0.2) is 0 Å². The Morgan fingerprint density at radius 3 is 2.07 bits per heavy atom. The highest BCUT2D eigenvalue weighted by atomic mass is 35.5. The Hall–Kier alpha value is -1.50. The number of amides is 2. The van der Waals surface area contributed by atoms with Gasteiger partial charge in [0, 0.05) is 50.5 Å². The first kappa shape index (κ1) is 23.5. The zero-order chi connectivity index (χ0) is 17.6. The van der Waals surface area contributed by atoms with E-state index in [1.807, 2.05) is 9.80 Å². The molecule has 2 amide bonds. The van der Waals surface area contributed by atoms with E-state index < -0.39 is 0 Å². The molecule has 152 valence electrons. The van der Waals surface area contributed by atoms with Crippen LogP contribution in [0.4, 0.5) is 5.69 Å². The van der Waals surface area contributed by atoms with Crippen molar-refractivity contribution in [2.45, 2.75) is 25.7 Å². The number of piperazine rings is 1. The number of anilines is 1. The number of nitrogens with zero attached hydrogens (tertiary/aromatic N) is 3. The van der Waals surface area contributed by atoms with Crippen molar-refractivity contribution in [1.82, 2.24) is 14.7 Å². The van der Waals surface area contributed by atoms with Crippen LogP contribution in [-0.2, 0) is 4.79 Å². The second kappa shape index (κ2) is 11.4. The van der Waals surface area contributed by atoms with Crippen LogP contribution in [0.2, 0.25) is 0 Å². The first-order valence-corrected chi connectivity index (χ1v) is 9.28. The van der Waals surface area contributed by atoms with Gasteiger partial charge < -0.3 is 15.5 Å². The topological polar surface area (TPSA) is 69.9 Å². The maximum Gasteiger partial charge on any atom is 0.254 e. The van der Waals surface area contributed by atoms with Gasteiger partial charge in [-0.3, -0.25) is 14.5 Å². The van der Waals surface area contributed by atoms with Crippen molar-refractivity contribution in [3.05, 3.63) is 29.8 Å². The third-order valence-electron chi connectivity index (χ3n) is 5.11. The summed E-state index contributed by atoms with van der Waals surface area (Å²) < 4.78 is 0. The molecule has 2 fully saturated rings. The lowest BCUT2D eigenvalue weighted by molar-refractivity contribution is -0.132. The maximum absolute atomic E-state index is 12.5. The highest BCUT2D eigenvalue weighted by Crippen LogP contribution is 2.13. The Bertz CT molecular complexity index is 613. The summed E-state index contributed by atoms with van der Waals surface area (Å²) >= 11 is 0. The number of hydrogen-bond acceptors (Lipinski definition) is 4. The standard InChI is InChI=1S/C19H28N4O2.2ClH/c20-17-7-5-6-16(14-17)19(25)23-12-10-21(11-13-23)15-18(24)22-8-3-1-2-4-9-22;;/h5-7,14H,1-4,8-13,15,20H2;2*1H. The van der Waals surface area contributed by atoms with Crippen molar-refractivity contribution < 1.29 is 9.59 Å². The van der Waals surface area contributed by atoms with Gasteiger partial charge in [-0.05, 0) is 31.0 Å². The van der Waals surface area contributed by atoms with Crippen LogP contribution in [0.5, 0.6) is 0 Å². The number of rotatable bonds is 3. The van der Waals surface area contributed by atoms with Crippen LogP contribution in [-0.4, -0.2) is 72.3 Å². The van der Waals surface area contributed by atoms with E-state index >= 15 is 0 Å². The highest BCUT2D eigenvalue weighted by Gasteiger charge is 2.25. The van der Waals surface area contributed by atoms with Crippen LogP contribution < -0.4 is 5.73 Å². The minimum Gasteiger partial charge on any atom is -0.399 e. The van der Waals surface area contributed by atoms with Crippen molar-refractivity contribution >= 4 is 42.3 Å². The molecule has 2 aliphatic heterocycles. The van der Waals surface area contributed by atoms with Crippen LogP contribution in [0.15, 0.2) is 24.3 Å². The van der Waals surface area contributed by atoms with Crippen molar-refractivity contribution in [2.24, 2.45) is 0 Å². The lowest BCUT2D eigenvalue weighted by atomic mass is 10.1. The van der Waals surface area contributed by atoms with Gasteiger partial charge in [-0.15, -0.1) is 24.8 Å². The molecule has 2 N–H and O–H groups in total. The van der Waals surface area contributed by atoms with Crippen molar-refractivity contribution in [1.29, 1.82) is 0 Å². The maximum atomic E-state index is 12.5. The molecular formula is C19H30Cl2N4O2. The first-order chi connectivity index (χ1) is 12.1. The molecule has 0 spiro atoms. The van der Waals surface area contributed by atoms with Crippen LogP contribution in [0.25, 0.3) is 0 Å². The molecule has 0 atom stereocenters. The Labute approximate surface area is 173 Å². The van der Waals surface area contributed by atoms with E-state index in [1.54, 1.807) is 24.3 Å². The Morgan fingerprint density at radius 2 is 1.48 bits per heavy atom. The number of carbonyl (C=O) groups excluding carboxylic acids is 2. The molecule has 1 aromatic rings. The van der Waals surface area contributed by atoms with Crippen molar-refractivity contribution in [3.63, 3.8) is 0 Å². The number of carbonyl (C=O) groups is 2. The van der Waals surface area contributed by atoms with Gasteiger partial charge in [0.05, 0.1) is 6.54 Å². The molecule has 0 radical (unpaired) electrons. The molecule has 2 saturated heterocycles. The van der Waals surface area contributed by atoms with Gasteiger partial charge in [-0.1, -0.05) is 18.9 Å². The Balaban J connectivity index is 0.00000182. The molecule has 0 aliphatic carbocycles. The van der Waals surface area contributed by atoms with E-state index in [9.17, 15) is 9.59 Å². The van der Waals surface area contributed by atoms with Crippen LogP contribution in [0, 0.1) is 0 Å². The summed E-state index contributed by atoms with van der Waals surface area (Å²) in [6, 6.07) is 7.10. The third kappa shape index (κ3) is 6.55. The van der Waals surface area contributed by atoms with E-state index in [0.29, 0.717) is 30.9 Å². The van der Waals surface area contributed by atoms with Crippen LogP contribution >= 0.6 is 24.8 Å². The number of halogens is 2. The molecule has 0 unspecified atom stereocenters. The van der Waals surface area contributed by atoms with Gasteiger partial charge in [0.2, 0.25) is 5.91 Å². The summed E-state index contributed by atoms with van der Waals surface area (Å²) in [5.74, 6) is 0.253. The molecular weight excluding hydrogens is 387 g/mol. The van der Waals surface area contributed by atoms with E-state index in [2.05, 4.69) is 4.90 Å². The molecule has 0 bridgehead atoms. The number of benzene rings is 1. The fourth-order valence-corrected chi connectivity index (χ4v) is 3.57. The van der Waals surface area contributed by atoms with E-state index in [0.717, 1.165) is 39.0 Å². The molecule has 3 rings (SSSR count). The zero-order valence-corrected chi connectivity index (χ0v) is 17.3. The highest BCUT2D eigenvalue weighted by molar-refractivity contribution is 5.95. The molecule has 2 aliphatic rings. The lowest BCUT2D eigenvalue weighted by Gasteiger charge is -2.35. The van der Waals surface area contributed by atoms with Crippen LogP contribution in [0.1, 0.15) is 36.0 Å². The van der Waals surface area contributed by atoms with Gasteiger partial charge in [-0.25, -0.2) is 0 Å². The minimum absolute atomic E-state index is 0. The fourth-order valence-electron chi connectivity index (χ4n) is 3.57. The van der Waals surface area contributed by atoms with Crippen LogP contribution in [0.3, 0.4) is 0 Å². The number of hydrogen-bond donors (Lipinski definition) is 1. The quantitative estimate of drug-likeness (QED) is 0.767. The Morgan fingerprint density at radius 1 is 0.852 bits per heavy atom. The monoisotopic (exact) mass is 416 g/mol. The predicted molar refractivity (Wildman–Crippen MR) is 113 cm³/mol. The fraction of sp³-hybridized carbons (Fsp3) is 0.579. The summed E-state index contributed by atoms with van der Waals surface area (Å²) in [5, 5.41) is 0. The summed E-state index contributed by atoms with van der Waals surface area (Å²) in [5.41, 5.74) is 7.00. The predicted octanol–water partition coefficient (Wildman–Crippen LogP) is 2.27. The van der Waals surface area contributed by atoms with Gasteiger partial charge >= 0.3 is 0 Å². The van der Waals surface area contributed by atoms with Gasteiger partial charge in [0.1, 0.15) is 0 Å². The smallest absolute Gasteiger partial charge is 0.254 e. The minimum atomic E-state index is 0. The summed E-state index contributed by atoms with van der Waals surface area (Å²) in [6.45, 7) is 5.06. The first-order valence-electron chi connectivity index (χ1n) is 9.28. The molecule has 0 saturated carbocycles. The second-order valence-electron chi connectivity index (χ2n) is 6.99. The van der Waals surface area contributed by atoms with Gasteiger partial charge in [0.25, 0.3) is 5.91 Å². The molecule has 6 nitrogen and oxygen atoms in total. The summed E-state index contributed by atoms with van der Waals surface area (Å²) in [4.78, 5) is 31.0. The molecule has 2 heterocycles. The number of nitrogens with two attached hydrogens (primary N) is 1. The molecule has 27 heavy (non-hydrogen) atoms. The molecule has 1 aromatic carbocycles. The zero-order valence-electron chi connectivity index (χ0n) is 15.6. The average Bonchev–Trinajstić information content (AvgIpc) is 2.91. The van der Waals surface area contributed by atoms with Crippen molar-refractivity contribution in [3.8, 4) is 0 Å². The largest absolute Gasteiger partial charge is 0.399 e. The van der Waals surface area contributed by atoms with Crippen molar-refractivity contribution in [2.75, 3.05) is 51.5 Å². The third-order valence-corrected chi connectivity index (χ3v) is 5.11. The van der Waals surface area contributed by atoms with E-state index in [1.165, 1.54) is 12.8 Å². The second-order valence-corrected chi connectivity index (χ2v) is 6.99. The van der Waals surface area contributed by atoms with E-state index in [4.69, 9.17) is 5.73 Å². The summed E-state index contributed by atoms with van der Waals surface area (Å²) in [6.07, 6.45) is 4.70. The summed E-state index contributed by atoms with van der Waals surface area (Å²) in [7, 11) is 0. The number of nitrogen functional groups attached to an aromatic ring is 1. The van der Waals surface area contributed by atoms with E-state index in [-0.39, 0.29) is 36.6 Å². The Kier molecular flexibility index (Phi) is 9.91. The number of likely N-dealkylation sites (tertiary alicyclic amines) is 1. The SMILES string of the molecule is Cl.Cl.Nc1cccc(C(=O)N2CCN(CC(=O)N3CCCCCC3)CC2)c1. The normalized spacial score (nSPS) is 18.1. The lowest BCUT2D eigenvalue weighted by Crippen LogP contribution is -2.51. The van der Waals surface area contributed by atoms with Gasteiger partial charge in [-0.2, -0.15) is 0 Å². The molecule has 0 aromatic heterocycles. The average molecular weight is 417 g/mol. The molecule has 8 heteroatoms.